The maximum atomic E-state index is 12.2. The van der Waals surface area contributed by atoms with Crippen molar-refractivity contribution in [1.29, 1.82) is 5.26 Å². The molecule has 0 heterocycles. The monoisotopic (exact) mass is 399 g/mol. The zero-order chi connectivity index (χ0) is 20.5. The molecule has 1 aliphatic rings. The molecule has 0 spiro atoms. The Labute approximate surface area is 169 Å². The van der Waals surface area contributed by atoms with Gasteiger partial charge in [-0.3, -0.25) is 0 Å². The fourth-order valence-corrected chi connectivity index (χ4v) is 4.42. The third-order valence-electron chi connectivity index (χ3n) is 5.18. The molecule has 0 amide bonds. The van der Waals surface area contributed by atoms with Crippen molar-refractivity contribution in [3.8, 4) is 17.6 Å². The number of nitrogens with zero attached hydrogens (tertiary/aromatic N) is 1. The molecule has 0 N–H and O–H groups in total. The van der Waals surface area contributed by atoms with Gasteiger partial charge in [-0.05, 0) is 24.3 Å². The first-order valence-electron chi connectivity index (χ1n) is 8.96. The molecule has 1 saturated carbocycles. The van der Waals surface area contributed by atoms with Gasteiger partial charge in [-0.1, -0.05) is 57.5 Å². The van der Waals surface area contributed by atoms with E-state index in [9.17, 15) is 4.79 Å². The molecule has 2 aromatic carbocycles. The summed E-state index contributed by atoms with van der Waals surface area (Å²) in [5.41, 5.74) is -0.495. The van der Waals surface area contributed by atoms with Gasteiger partial charge in [-0.2, -0.15) is 5.26 Å². The lowest BCUT2D eigenvalue weighted by Gasteiger charge is -2.61. The average molecular weight is 400 g/mol. The van der Waals surface area contributed by atoms with Gasteiger partial charge in [0.05, 0.1) is 10.6 Å². The molecule has 5 nitrogen and oxygen atoms in total. The third kappa shape index (κ3) is 3.65. The number of carbonyl (C=O) groups is 1. The highest BCUT2D eigenvalue weighted by Crippen LogP contribution is 2.57. The van der Waals surface area contributed by atoms with Crippen LogP contribution in [0.3, 0.4) is 0 Å². The summed E-state index contributed by atoms with van der Waals surface area (Å²) < 4.78 is 17.1. The van der Waals surface area contributed by atoms with Crippen LogP contribution in [0.25, 0.3) is 0 Å². The molecule has 146 valence electrons. The second-order valence-electron chi connectivity index (χ2n) is 8.06. The molecule has 28 heavy (non-hydrogen) atoms. The summed E-state index contributed by atoms with van der Waals surface area (Å²) in [5, 5.41) is 9.35. The summed E-state index contributed by atoms with van der Waals surface area (Å²) in [6, 6.07) is 15.8. The Hall–Kier alpha value is -2.71. The molecule has 2 aromatic rings. The van der Waals surface area contributed by atoms with Crippen LogP contribution in [0.2, 0.25) is 5.02 Å². The van der Waals surface area contributed by atoms with Crippen LogP contribution in [-0.4, -0.2) is 18.4 Å². The van der Waals surface area contributed by atoms with Crippen molar-refractivity contribution in [3.63, 3.8) is 0 Å². The lowest BCUT2D eigenvalue weighted by atomic mass is 9.51. The smallest absolute Gasteiger partial charge is 0.489 e. The van der Waals surface area contributed by atoms with E-state index in [1.54, 1.807) is 42.5 Å². The van der Waals surface area contributed by atoms with E-state index in [1.165, 1.54) is 0 Å². The Bertz CT molecular complexity index is 902. The van der Waals surface area contributed by atoms with E-state index in [0.717, 1.165) is 0 Å². The maximum Gasteiger partial charge on any atom is 0.514 e. The minimum atomic E-state index is -0.739. The number of hydrogen-bond donors (Lipinski definition) is 0. The van der Waals surface area contributed by atoms with Gasteiger partial charge in [0.25, 0.3) is 0 Å². The molecule has 6 heteroatoms. The highest BCUT2D eigenvalue weighted by atomic mass is 35.5. The van der Waals surface area contributed by atoms with Crippen molar-refractivity contribution in [2.75, 3.05) is 0 Å². The number of rotatable bonds is 4. The van der Waals surface area contributed by atoms with E-state index < -0.39 is 23.1 Å². The Kier molecular flexibility index (Phi) is 5.27. The highest BCUT2D eigenvalue weighted by molar-refractivity contribution is 6.31. The molecule has 0 aliphatic heterocycles. The first kappa shape index (κ1) is 20.0. The largest absolute Gasteiger partial charge is 0.514 e. The van der Waals surface area contributed by atoms with Gasteiger partial charge < -0.3 is 14.2 Å². The Morgan fingerprint density at radius 1 is 1.00 bits per heavy atom. The summed E-state index contributed by atoms with van der Waals surface area (Å²) in [4.78, 5) is 12.2. The van der Waals surface area contributed by atoms with E-state index in [2.05, 4.69) is 0 Å². The summed E-state index contributed by atoms with van der Waals surface area (Å²) in [7, 11) is 0. The fraction of sp³-hybridized carbons (Fsp3) is 0.364. The molecule has 0 atom stereocenters. The van der Waals surface area contributed by atoms with Gasteiger partial charge in [0, 0.05) is 16.9 Å². The van der Waals surface area contributed by atoms with Crippen molar-refractivity contribution >= 4 is 17.8 Å². The van der Waals surface area contributed by atoms with Gasteiger partial charge in [-0.15, -0.1) is 0 Å². The normalized spacial score (nSPS) is 21.7. The van der Waals surface area contributed by atoms with E-state index in [0.29, 0.717) is 22.1 Å². The Morgan fingerprint density at radius 3 is 2.21 bits per heavy atom. The lowest BCUT2D eigenvalue weighted by Crippen LogP contribution is -2.70. The van der Waals surface area contributed by atoms with Crippen molar-refractivity contribution in [3.05, 3.63) is 59.1 Å². The van der Waals surface area contributed by atoms with E-state index in [1.807, 2.05) is 39.8 Å². The number of halogens is 1. The standard InChI is InChI=1S/C22H22ClNO4/c1-21(2)18(26-16-11-10-14(13-24)17(23)12-16)22(3,4)19(21)28-20(25)27-15-8-6-5-7-9-15/h5-12,18-19H,1-4H3/t18-,19-. The van der Waals surface area contributed by atoms with Crippen molar-refractivity contribution < 1.29 is 19.0 Å². The molecule has 1 aliphatic carbocycles. The molecular weight excluding hydrogens is 378 g/mol. The molecule has 0 radical (unpaired) electrons. The lowest BCUT2D eigenvalue weighted by molar-refractivity contribution is -0.238. The topological polar surface area (TPSA) is 68.6 Å². The summed E-state index contributed by atoms with van der Waals surface area (Å²) >= 11 is 6.10. The second-order valence-corrected chi connectivity index (χ2v) is 8.46. The van der Waals surface area contributed by atoms with Crippen molar-refractivity contribution in [2.24, 2.45) is 10.8 Å². The number of benzene rings is 2. The number of nitriles is 1. The number of carbonyl (C=O) groups excluding carboxylic acids is 1. The Balaban J connectivity index is 1.70. The van der Waals surface area contributed by atoms with Gasteiger partial charge in [0.2, 0.25) is 0 Å². The Morgan fingerprint density at radius 2 is 1.64 bits per heavy atom. The predicted octanol–water partition coefficient (Wildman–Crippen LogP) is 5.61. The highest BCUT2D eigenvalue weighted by Gasteiger charge is 2.66. The van der Waals surface area contributed by atoms with Crippen LogP contribution in [0.15, 0.2) is 48.5 Å². The predicted molar refractivity (Wildman–Crippen MR) is 105 cm³/mol. The zero-order valence-corrected chi connectivity index (χ0v) is 17.0. The molecule has 0 aromatic heterocycles. The van der Waals surface area contributed by atoms with Gasteiger partial charge in [-0.25, -0.2) is 4.79 Å². The van der Waals surface area contributed by atoms with Crippen LogP contribution in [0.4, 0.5) is 4.79 Å². The molecule has 1 fully saturated rings. The molecule has 0 saturated heterocycles. The average Bonchev–Trinajstić information content (AvgIpc) is 2.65. The SMILES string of the molecule is CC1(C)[C@H](OC(=O)Oc2ccccc2)C(C)(C)[C@H]1Oc1ccc(C#N)c(Cl)c1. The molecule has 0 unspecified atom stereocenters. The van der Waals surface area contributed by atoms with Crippen molar-refractivity contribution in [1.82, 2.24) is 0 Å². The number of ether oxygens (including phenoxy) is 3. The first-order valence-corrected chi connectivity index (χ1v) is 9.34. The molecular formula is C22H22ClNO4. The fourth-order valence-electron chi connectivity index (χ4n) is 4.20. The van der Waals surface area contributed by atoms with Crippen LogP contribution in [0, 0.1) is 22.2 Å². The van der Waals surface area contributed by atoms with E-state index in [4.69, 9.17) is 31.1 Å². The summed E-state index contributed by atoms with van der Waals surface area (Å²) in [6.45, 7) is 7.92. The molecule has 3 rings (SSSR count). The van der Waals surface area contributed by atoms with Crippen LogP contribution in [-0.2, 0) is 4.74 Å². The summed E-state index contributed by atoms with van der Waals surface area (Å²) in [6.07, 6.45) is -1.36. The maximum absolute atomic E-state index is 12.2. The minimum absolute atomic E-state index is 0.224. The zero-order valence-electron chi connectivity index (χ0n) is 16.2. The van der Waals surface area contributed by atoms with Crippen LogP contribution in [0.1, 0.15) is 33.3 Å². The van der Waals surface area contributed by atoms with Gasteiger partial charge >= 0.3 is 6.16 Å². The summed E-state index contributed by atoms with van der Waals surface area (Å²) in [5.74, 6) is 1.00. The quantitative estimate of drug-likeness (QED) is 0.493. The number of para-hydroxylation sites is 1. The first-order chi connectivity index (χ1) is 13.2. The van der Waals surface area contributed by atoms with E-state index >= 15 is 0 Å². The van der Waals surface area contributed by atoms with Crippen LogP contribution >= 0.6 is 11.6 Å². The van der Waals surface area contributed by atoms with Crippen LogP contribution < -0.4 is 9.47 Å². The molecule has 0 bridgehead atoms. The third-order valence-corrected chi connectivity index (χ3v) is 5.49. The van der Waals surface area contributed by atoms with E-state index in [-0.39, 0.29) is 6.10 Å². The van der Waals surface area contributed by atoms with Gasteiger partial charge in [0.1, 0.15) is 29.8 Å². The second kappa shape index (κ2) is 7.37. The van der Waals surface area contributed by atoms with Gasteiger partial charge in [0.15, 0.2) is 0 Å². The van der Waals surface area contributed by atoms with Crippen molar-refractivity contribution in [2.45, 2.75) is 39.9 Å². The van der Waals surface area contributed by atoms with Crippen LogP contribution in [0.5, 0.6) is 11.5 Å². The number of hydrogen-bond acceptors (Lipinski definition) is 5. The minimum Gasteiger partial charge on any atom is -0.489 e.